The molecule has 0 N–H and O–H groups in total. The van der Waals surface area contributed by atoms with Crippen LogP contribution in [0.5, 0.6) is 0 Å². The summed E-state index contributed by atoms with van der Waals surface area (Å²) in [7, 11) is 0. The molecule has 0 aliphatic rings. The Morgan fingerprint density at radius 1 is 1.50 bits per heavy atom. The molecular weight excluding hydrogens is 268 g/mol. The van der Waals surface area contributed by atoms with Gasteiger partial charge in [-0.1, -0.05) is 36.4 Å². The highest BCUT2D eigenvalue weighted by Gasteiger charge is 2.33. The third-order valence-corrected chi connectivity index (χ3v) is 3.86. The number of hydrogen-bond donors (Lipinski definition) is 0. The van der Waals surface area contributed by atoms with Crippen LogP contribution in [0.1, 0.15) is 44.2 Å². The van der Waals surface area contributed by atoms with Crippen molar-refractivity contribution in [1.82, 2.24) is 0 Å². The molecule has 1 nitrogen and oxygen atoms in total. The van der Waals surface area contributed by atoms with Crippen molar-refractivity contribution in [1.29, 1.82) is 0 Å². The van der Waals surface area contributed by atoms with E-state index in [0.717, 1.165) is 24.0 Å². The van der Waals surface area contributed by atoms with E-state index in [1.165, 1.54) is 0 Å². The van der Waals surface area contributed by atoms with Gasteiger partial charge in [0, 0.05) is 6.42 Å². The number of alkyl halides is 1. The van der Waals surface area contributed by atoms with Gasteiger partial charge in [-0.25, -0.2) is 0 Å². The Morgan fingerprint density at radius 3 is 2.85 bits per heavy atom. The third-order valence-electron chi connectivity index (χ3n) is 3.62. The molecule has 0 fully saturated rings. The monoisotopic (exact) mass is 288 g/mol. The molecule has 1 rings (SSSR count). The average Bonchev–Trinajstić information content (AvgIpc) is 2.47. The lowest BCUT2D eigenvalue weighted by molar-refractivity contribution is -0.121. The first kappa shape index (κ1) is 16.5. The maximum absolute atomic E-state index is 12.3. The number of ketones is 1. The van der Waals surface area contributed by atoms with Crippen LogP contribution in [-0.4, -0.2) is 11.7 Å². The molecule has 1 aromatic rings. The van der Waals surface area contributed by atoms with E-state index < -0.39 is 5.41 Å². The SMILES string of the molecule is C#CCCCC(C)(C(=O)CCl)c1cccc(/C=C/C)c1. The zero-order chi connectivity index (χ0) is 15.0. The Kier molecular flexibility index (Phi) is 6.55. The summed E-state index contributed by atoms with van der Waals surface area (Å²) >= 11 is 5.80. The van der Waals surface area contributed by atoms with Crippen molar-refractivity contribution >= 4 is 23.5 Å². The van der Waals surface area contributed by atoms with Crippen molar-refractivity contribution in [2.75, 3.05) is 5.88 Å². The minimum atomic E-state index is -0.559. The molecule has 0 aliphatic heterocycles. The van der Waals surface area contributed by atoms with Gasteiger partial charge in [0.15, 0.2) is 5.78 Å². The van der Waals surface area contributed by atoms with Gasteiger partial charge in [0.25, 0.3) is 0 Å². The molecule has 1 unspecified atom stereocenters. The molecule has 0 amide bonds. The standard InChI is InChI=1S/C18H21ClO/c1-4-6-7-12-18(3,17(20)14-19)16-11-8-10-15(13-16)9-5-2/h1,5,8-11,13H,6-7,12,14H2,2-3H3/b9-5+. The zero-order valence-electron chi connectivity index (χ0n) is 12.2. The number of halogens is 1. The minimum absolute atomic E-state index is 0.0282. The molecule has 0 heterocycles. The highest BCUT2D eigenvalue weighted by atomic mass is 35.5. The van der Waals surface area contributed by atoms with E-state index >= 15 is 0 Å². The summed E-state index contributed by atoms with van der Waals surface area (Å²) in [5.74, 6) is 2.70. The molecule has 2 heteroatoms. The first-order valence-corrected chi connectivity index (χ1v) is 7.38. The summed E-state index contributed by atoms with van der Waals surface area (Å²) in [5.41, 5.74) is 1.54. The summed E-state index contributed by atoms with van der Waals surface area (Å²) in [6, 6.07) is 8.05. The number of Topliss-reactive ketones (excluding diaryl/α,β-unsaturated/α-hetero) is 1. The van der Waals surface area contributed by atoms with Gasteiger partial charge in [0.05, 0.1) is 11.3 Å². The summed E-state index contributed by atoms with van der Waals surface area (Å²) in [5, 5.41) is 0. The van der Waals surface area contributed by atoms with E-state index in [0.29, 0.717) is 6.42 Å². The van der Waals surface area contributed by atoms with Gasteiger partial charge in [0.2, 0.25) is 0 Å². The van der Waals surface area contributed by atoms with Gasteiger partial charge in [-0.3, -0.25) is 4.79 Å². The van der Waals surface area contributed by atoms with Gasteiger partial charge < -0.3 is 0 Å². The first-order chi connectivity index (χ1) is 9.58. The zero-order valence-corrected chi connectivity index (χ0v) is 12.9. The predicted octanol–water partition coefficient (Wildman–Crippen LogP) is 4.59. The van der Waals surface area contributed by atoms with E-state index in [2.05, 4.69) is 12.0 Å². The Morgan fingerprint density at radius 2 is 2.25 bits per heavy atom. The molecule has 106 valence electrons. The number of allylic oxidation sites excluding steroid dienone is 1. The fraction of sp³-hybridized carbons (Fsp3) is 0.389. The first-order valence-electron chi connectivity index (χ1n) is 6.84. The van der Waals surface area contributed by atoms with E-state index in [1.54, 1.807) is 0 Å². The molecule has 0 aliphatic carbocycles. The van der Waals surface area contributed by atoms with Crippen LogP contribution < -0.4 is 0 Å². The van der Waals surface area contributed by atoms with Gasteiger partial charge in [-0.2, -0.15) is 0 Å². The van der Waals surface area contributed by atoms with Crippen molar-refractivity contribution in [2.45, 2.75) is 38.5 Å². The van der Waals surface area contributed by atoms with Crippen molar-refractivity contribution in [3.05, 3.63) is 41.5 Å². The summed E-state index contributed by atoms with van der Waals surface area (Å²) in [6.45, 7) is 3.94. The molecule has 0 spiro atoms. The number of carbonyl (C=O) groups is 1. The molecule has 0 radical (unpaired) electrons. The third kappa shape index (κ3) is 3.99. The number of carbonyl (C=O) groups excluding carboxylic acids is 1. The van der Waals surface area contributed by atoms with Crippen molar-refractivity contribution in [3.8, 4) is 12.3 Å². The summed E-state index contributed by atoms with van der Waals surface area (Å²) < 4.78 is 0. The normalized spacial score (nSPS) is 13.9. The van der Waals surface area contributed by atoms with Crippen LogP contribution in [0, 0.1) is 12.3 Å². The van der Waals surface area contributed by atoms with Gasteiger partial charge in [-0.15, -0.1) is 23.9 Å². The lowest BCUT2D eigenvalue weighted by Crippen LogP contribution is -2.33. The van der Waals surface area contributed by atoms with E-state index in [9.17, 15) is 4.79 Å². The molecule has 0 saturated carbocycles. The Balaban J connectivity index is 3.13. The van der Waals surface area contributed by atoms with Crippen molar-refractivity contribution in [3.63, 3.8) is 0 Å². The highest BCUT2D eigenvalue weighted by molar-refractivity contribution is 6.29. The second-order valence-electron chi connectivity index (χ2n) is 5.07. The fourth-order valence-electron chi connectivity index (χ4n) is 2.31. The van der Waals surface area contributed by atoms with Crippen LogP contribution in [-0.2, 0) is 10.2 Å². The lowest BCUT2D eigenvalue weighted by atomic mass is 9.74. The maximum atomic E-state index is 12.3. The van der Waals surface area contributed by atoms with Crippen LogP contribution in [0.25, 0.3) is 6.08 Å². The Hall–Kier alpha value is -1.52. The number of benzene rings is 1. The van der Waals surface area contributed by atoms with Crippen molar-refractivity contribution in [2.24, 2.45) is 0 Å². The van der Waals surface area contributed by atoms with Crippen molar-refractivity contribution < 1.29 is 4.79 Å². The van der Waals surface area contributed by atoms with Crippen LogP contribution in [0.4, 0.5) is 0 Å². The number of hydrogen-bond acceptors (Lipinski definition) is 1. The smallest absolute Gasteiger partial charge is 0.157 e. The molecule has 0 saturated heterocycles. The van der Waals surface area contributed by atoms with Crippen LogP contribution >= 0.6 is 11.6 Å². The second kappa shape index (κ2) is 7.92. The Labute approximate surface area is 127 Å². The summed E-state index contributed by atoms with van der Waals surface area (Å²) in [6.07, 6.45) is 11.5. The average molecular weight is 289 g/mol. The second-order valence-corrected chi connectivity index (χ2v) is 5.34. The largest absolute Gasteiger partial charge is 0.297 e. The number of rotatable bonds is 7. The maximum Gasteiger partial charge on any atom is 0.157 e. The fourth-order valence-corrected chi connectivity index (χ4v) is 2.61. The van der Waals surface area contributed by atoms with Crippen LogP contribution in [0.3, 0.4) is 0 Å². The molecule has 0 bridgehead atoms. The van der Waals surface area contributed by atoms with E-state index in [1.807, 2.05) is 44.2 Å². The van der Waals surface area contributed by atoms with E-state index in [-0.39, 0.29) is 11.7 Å². The number of unbranched alkanes of at least 4 members (excludes halogenated alkanes) is 1. The van der Waals surface area contributed by atoms with Gasteiger partial charge in [-0.05, 0) is 37.8 Å². The highest BCUT2D eigenvalue weighted by Crippen LogP contribution is 2.32. The molecular formula is C18H21ClO. The van der Waals surface area contributed by atoms with E-state index in [4.69, 9.17) is 18.0 Å². The van der Waals surface area contributed by atoms with Gasteiger partial charge in [0.1, 0.15) is 0 Å². The quantitative estimate of drug-likeness (QED) is 0.407. The number of terminal acetylenes is 1. The predicted molar refractivity (Wildman–Crippen MR) is 86.9 cm³/mol. The van der Waals surface area contributed by atoms with Gasteiger partial charge >= 0.3 is 0 Å². The van der Waals surface area contributed by atoms with Crippen LogP contribution in [0.15, 0.2) is 30.3 Å². The summed E-state index contributed by atoms with van der Waals surface area (Å²) in [4.78, 5) is 12.3. The lowest BCUT2D eigenvalue weighted by Gasteiger charge is -2.28. The Bertz CT molecular complexity index is 524. The molecule has 20 heavy (non-hydrogen) atoms. The van der Waals surface area contributed by atoms with Crippen LogP contribution in [0.2, 0.25) is 0 Å². The molecule has 1 atom stereocenters. The minimum Gasteiger partial charge on any atom is -0.297 e. The topological polar surface area (TPSA) is 17.1 Å². The molecule has 0 aromatic heterocycles. The molecule has 1 aromatic carbocycles.